The Hall–Kier alpha value is -1.10. The predicted octanol–water partition coefficient (Wildman–Crippen LogP) is 4.06. The maximum Gasteiger partial charge on any atom is 0.310 e. The highest BCUT2D eigenvalue weighted by molar-refractivity contribution is 9.08. The number of benzene rings is 1. The number of halogens is 1. The molecule has 94 valence electrons. The molecule has 0 fully saturated rings. The summed E-state index contributed by atoms with van der Waals surface area (Å²) in [6.07, 6.45) is 1.71. The topological polar surface area (TPSA) is 52.4 Å². The highest BCUT2D eigenvalue weighted by Gasteiger charge is 2.18. The molecule has 0 N–H and O–H groups in total. The first-order valence-corrected chi connectivity index (χ1v) is 6.74. The molecule has 0 saturated heterocycles. The van der Waals surface area contributed by atoms with Crippen LogP contribution in [0.5, 0.6) is 5.75 Å². The molecule has 0 atom stereocenters. The molecule has 17 heavy (non-hydrogen) atoms. The van der Waals surface area contributed by atoms with Crippen LogP contribution in [0.25, 0.3) is 0 Å². The largest absolute Gasteiger partial charge is 0.484 e. The van der Waals surface area contributed by atoms with Gasteiger partial charge < -0.3 is 4.74 Å². The summed E-state index contributed by atoms with van der Waals surface area (Å²) in [5.74, 6) is 0.362. The van der Waals surface area contributed by atoms with Crippen molar-refractivity contribution in [1.29, 1.82) is 0 Å². The van der Waals surface area contributed by atoms with Crippen LogP contribution >= 0.6 is 15.9 Å². The van der Waals surface area contributed by atoms with E-state index in [1.165, 1.54) is 6.07 Å². The lowest BCUT2D eigenvalue weighted by Crippen LogP contribution is -2.14. The molecular formula is C12H16BrNO3. The number of hydrogen-bond acceptors (Lipinski definition) is 3. The zero-order valence-electron chi connectivity index (χ0n) is 9.98. The quantitative estimate of drug-likeness (QED) is 0.452. The van der Waals surface area contributed by atoms with Crippen LogP contribution in [0.3, 0.4) is 0 Å². The van der Waals surface area contributed by atoms with E-state index in [1.807, 2.05) is 13.8 Å². The summed E-state index contributed by atoms with van der Waals surface area (Å²) in [5, 5.41) is 11.6. The van der Waals surface area contributed by atoms with E-state index in [1.54, 1.807) is 12.1 Å². The fourth-order valence-corrected chi connectivity index (χ4v) is 1.87. The summed E-state index contributed by atoms with van der Waals surface area (Å²) < 4.78 is 5.69. The van der Waals surface area contributed by atoms with E-state index >= 15 is 0 Å². The minimum absolute atomic E-state index is 0.0271. The molecule has 0 radical (unpaired) electrons. The molecule has 5 heteroatoms. The molecule has 0 heterocycles. The van der Waals surface area contributed by atoms with E-state index in [2.05, 4.69) is 15.9 Å². The van der Waals surface area contributed by atoms with Crippen molar-refractivity contribution < 1.29 is 9.66 Å². The molecule has 0 unspecified atom stereocenters. The van der Waals surface area contributed by atoms with Gasteiger partial charge in [0.15, 0.2) is 5.75 Å². The molecule has 0 spiro atoms. The molecule has 0 bridgehead atoms. The van der Waals surface area contributed by atoms with Gasteiger partial charge in [0.2, 0.25) is 0 Å². The van der Waals surface area contributed by atoms with Crippen LogP contribution in [-0.2, 0) is 5.33 Å². The lowest BCUT2D eigenvalue weighted by atomic mass is 10.2. The average Bonchev–Trinajstić information content (AvgIpc) is 2.35. The third-order valence-electron chi connectivity index (χ3n) is 2.58. The van der Waals surface area contributed by atoms with Crippen molar-refractivity contribution in [3.05, 3.63) is 33.9 Å². The van der Waals surface area contributed by atoms with Gasteiger partial charge in [-0.05, 0) is 24.5 Å². The van der Waals surface area contributed by atoms with Crippen LogP contribution in [0.1, 0.15) is 32.3 Å². The second-order valence-corrected chi connectivity index (χ2v) is 4.31. The van der Waals surface area contributed by atoms with Crippen molar-refractivity contribution in [2.75, 3.05) is 0 Å². The van der Waals surface area contributed by atoms with Gasteiger partial charge in [0, 0.05) is 11.4 Å². The van der Waals surface area contributed by atoms with Gasteiger partial charge in [0.25, 0.3) is 0 Å². The maximum absolute atomic E-state index is 10.9. The standard InChI is InChI=1S/C12H16BrNO3/c1-3-10(4-2)17-12-7-9(8-13)5-6-11(12)14(15)16/h5-7,10H,3-4,8H2,1-2H3. The Morgan fingerprint density at radius 3 is 2.53 bits per heavy atom. The van der Waals surface area contributed by atoms with Gasteiger partial charge in [-0.2, -0.15) is 0 Å². The number of rotatable bonds is 6. The monoisotopic (exact) mass is 301 g/mol. The number of nitro groups is 1. The van der Waals surface area contributed by atoms with Gasteiger partial charge in [-0.25, -0.2) is 0 Å². The van der Waals surface area contributed by atoms with E-state index in [-0.39, 0.29) is 11.8 Å². The van der Waals surface area contributed by atoms with Gasteiger partial charge in [-0.3, -0.25) is 10.1 Å². The highest BCUT2D eigenvalue weighted by Crippen LogP contribution is 2.30. The van der Waals surface area contributed by atoms with Crippen molar-refractivity contribution in [3.63, 3.8) is 0 Å². The summed E-state index contributed by atoms with van der Waals surface area (Å²) in [7, 11) is 0. The summed E-state index contributed by atoms with van der Waals surface area (Å²) in [6, 6.07) is 4.95. The van der Waals surface area contributed by atoms with Gasteiger partial charge in [-0.15, -0.1) is 0 Å². The summed E-state index contributed by atoms with van der Waals surface area (Å²) in [6.45, 7) is 4.02. The Morgan fingerprint density at radius 1 is 1.41 bits per heavy atom. The predicted molar refractivity (Wildman–Crippen MR) is 70.7 cm³/mol. The third-order valence-corrected chi connectivity index (χ3v) is 3.23. The lowest BCUT2D eigenvalue weighted by Gasteiger charge is -2.15. The SMILES string of the molecule is CCC(CC)Oc1cc(CBr)ccc1[N+](=O)[O-]. The molecule has 1 rings (SSSR count). The molecular weight excluding hydrogens is 286 g/mol. The fraction of sp³-hybridized carbons (Fsp3) is 0.500. The summed E-state index contributed by atoms with van der Waals surface area (Å²) in [5.41, 5.74) is 0.998. The highest BCUT2D eigenvalue weighted by atomic mass is 79.9. The first kappa shape index (κ1) is 14.0. The minimum Gasteiger partial charge on any atom is -0.484 e. The molecule has 1 aromatic rings. The molecule has 0 aliphatic rings. The first-order chi connectivity index (χ1) is 8.12. The van der Waals surface area contributed by atoms with Crippen LogP contribution < -0.4 is 4.74 Å². The molecule has 1 aromatic carbocycles. The van der Waals surface area contributed by atoms with Crippen LogP contribution in [0.2, 0.25) is 0 Å². The van der Waals surface area contributed by atoms with E-state index < -0.39 is 4.92 Å². The van der Waals surface area contributed by atoms with Crippen molar-refractivity contribution in [3.8, 4) is 5.75 Å². The zero-order valence-corrected chi connectivity index (χ0v) is 11.6. The van der Waals surface area contributed by atoms with Crippen molar-refractivity contribution in [1.82, 2.24) is 0 Å². The Bertz CT molecular complexity index is 391. The van der Waals surface area contributed by atoms with Crippen molar-refractivity contribution in [2.24, 2.45) is 0 Å². The molecule has 0 amide bonds. The Kier molecular flexibility index (Phi) is 5.41. The fourth-order valence-electron chi connectivity index (χ4n) is 1.52. The number of nitrogens with zero attached hydrogens (tertiary/aromatic N) is 1. The second kappa shape index (κ2) is 6.59. The summed E-state index contributed by atoms with van der Waals surface area (Å²) in [4.78, 5) is 10.5. The second-order valence-electron chi connectivity index (χ2n) is 3.75. The van der Waals surface area contributed by atoms with Crippen LogP contribution in [0.4, 0.5) is 5.69 Å². The van der Waals surface area contributed by atoms with Gasteiger partial charge >= 0.3 is 5.69 Å². The molecule has 0 aliphatic carbocycles. The first-order valence-electron chi connectivity index (χ1n) is 5.62. The Morgan fingerprint density at radius 2 is 2.06 bits per heavy atom. The van der Waals surface area contributed by atoms with Crippen LogP contribution in [-0.4, -0.2) is 11.0 Å². The smallest absolute Gasteiger partial charge is 0.310 e. The van der Waals surface area contributed by atoms with Crippen LogP contribution in [0.15, 0.2) is 18.2 Å². The van der Waals surface area contributed by atoms with Gasteiger partial charge in [0.1, 0.15) is 0 Å². The van der Waals surface area contributed by atoms with Crippen LogP contribution in [0, 0.1) is 10.1 Å². The lowest BCUT2D eigenvalue weighted by molar-refractivity contribution is -0.386. The van der Waals surface area contributed by atoms with Gasteiger partial charge in [-0.1, -0.05) is 35.8 Å². The maximum atomic E-state index is 10.9. The van der Waals surface area contributed by atoms with E-state index in [0.29, 0.717) is 11.1 Å². The number of alkyl halides is 1. The third kappa shape index (κ3) is 3.70. The molecule has 0 aliphatic heterocycles. The Labute approximate surface area is 109 Å². The molecule has 0 aromatic heterocycles. The molecule has 4 nitrogen and oxygen atoms in total. The number of hydrogen-bond donors (Lipinski definition) is 0. The number of ether oxygens (including phenoxy) is 1. The minimum atomic E-state index is -0.407. The van der Waals surface area contributed by atoms with E-state index in [4.69, 9.17) is 4.74 Å². The van der Waals surface area contributed by atoms with Gasteiger partial charge in [0.05, 0.1) is 11.0 Å². The average molecular weight is 302 g/mol. The normalized spacial score (nSPS) is 10.6. The number of nitro benzene ring substituents is 1. The Balaban J connectivity index is 3.04. The van der Waals surface area contributed by atoms with Crippen molar-refractivity contribution >= 4 is 21.6 Å². The zero-order chi connectivity index (χ0) is 12.8. The van der Waals surface area contributed by atoms with E-state index in [0.717, 1.165) is 18.4 Å². The van der Waals surface area contributed by atoms with Crippen molar-refractivity contribution in [2.45, 2.75) is 38.1 Å². The van der Waals surface area contributed by atoms with E-state index in [9.17, 15) is 10.1 Å². The molecule has 0 saturated carbocycles. The summed E-state index contributed by atoms with van der Waals surface area (Å²) >= 11 is 3.33.